The van der Waals surface area contributed by atoms with Crippen LogP contribution in [-0.4, -0.2) is 37.9 Å². The van der Waals surface area contributed by atoms with Gasteiger partial charge in [0.1, 0.15) is 11.6 Å². The summed E-state index contributed by atoms with van der Waals surface area (Å²) in [5.74, 6) is -6.76. The summed E-state index contributed by atoms with van der Waals surface area (Å²) >= 11 is 0. The number of Topliss-reactive ketones (excluding diaryl/α,β-unsaturated/α-hetero) is 1. The SMILES string of the molecule is CCN(Cc1nnc(C(F)(F)F)n1C)C(=O)CC(=O)Cc1cc(F)c(F)cc1F. The topological polar surface area (TPSA) is 68.1 Å². The number of carbonyl (C=O) groups excluding carboxylic acids is 2. The lowest BCUT2D eigenvalue weighted by Gasteiger charge is -2.20. The molecule has 0 unspecified atom stereocenters. The van der Waals surface area contributed by atoms with Gasteiger partial charge in [0.05, 0.1) is 13.0 Å². The predicted octanol–water partition coefficient (Wildman–Crippen LogP) is 2.80. The van der Waals surface area contributed by atoms with Crippen LogP contribution >= 0.6 is 0 Å². The third-order valence-corrected chi connectivity index (χ3v) is 4.11. The van der Waals surface area contributed by atoms with Crippen LogP contribution in [0.1, 0.15) is 30.6 Å². The molecule has 2 rings (SSSR count). The molecule has 12 heteroatoms. The minimum Gasteiger partial charge on any atom is -0.335 e. The van der Waals surface area contributed by atoms with Gasteiger partial charge < -0.3 is 9.47 Å². The summed E-state index contributed by atoms with van der Waals surface area (Å²) in [6, 6.07) is 0.827. The van der Waals surface area contributed by atoms with E-state index in [2.05, 4.69) is 10.2 Å². The van der Waals surface area contributed by atoms with Gasteiger partial charge in [-0.3, -0.25) is 9.59 Å². The Morgan fingerprint density at radius 2 is 1.69 bits per heavy atom. The molecular formula is C17H16F6N4O2. The zero-order chi connectivity index (χ0) is 21.9. The molecule has 0 atom stereocenters. The highest BCUT2D eigenvalue weighted by Crippen LogP contribution is 2.27. The van der Waals surface area contributed by atoms with Crippen molar-refractivity contribution < 1.29 is 35.9 Å². The van der Waals surface area contributed by atoms with E-state index in [1.807, 2.05) is 0 Å². The van der Waals surface area contributed by atoms with Crippen molar-refractivity contribution in [1.82, 2.24) is 19.7 Å². The highest BCUT2D eigenvalue weighted by molar-refractivity contribution is 5.98. The zero-order valence-corrected chi connectivity index (χ0v) is 15.4. The molecule has 0 fully saturated rings. The molecule has 0 saturated heterocycles. The molecule has 1 heterocycles. The third-order valence-electron chi connectivity index (χ3n) is 4.11. The number of alkyl halides is 3. The van der Waals surface area contributed by atoms with Crippen LogP contribution in [0.2, 0.25) is 0 Å². The lowest BCUT2D eigenvalue weighted by molar-refractivity contribution is -0.147. The summed E-state index contributed by atoms with van der Waals surface area (Å²) in [4.78, 5) is 25.4. The van der Waals surface area contributed by atoms with Crippen LogP contribution in [0.15, 0.2) is 12.1 Å². The summed E-state index contributed by atoms with van der Waals surface area (Å²) in [7, 11) is 1.09. The Hall–Kier alpha value is -2.92. The van der Waals surface area contributed by atoms with Crippen LogP contribution in [0, 0.1) is 17.5 Å². The van der Waals surface area contributed by atoms with Crippen molar-refractivity contribution in [2.75, 3.05) is 6.54 Å². The van der Waals surface area contributed by atoms with E-state index >= 15 is 0 Å². The van der Waals surface area contributed by atoms with E-state index in [1.165, 1.54) is 0 Å². The Morgan fingerprint density at radius 1 is 1.07 bits per heavy atom. The second-order valence-corrected chi connectivity index (χ2v) is 6.15. The molecule has 29 heavy (non-hydrogen) atoms. The number of benzene rings is 1. The highest BCUT2D eigenvalue weighted by atomic mass is 19.4. The van der Waals surface area contributed by atoms with Crippen molar-refractivity contribution >= 4 is 11.7 Å². The average molecular weight is 422 g/mol. The van der Waals surface area contributed by atoms with E-state index in [4.69, 9.17) is 0 Å². The fourth-order valence-electron chi connectivity index (χ4n) is 2.55. The number of nitrogens with zero attached hydrogens (tertiary/aromatic N) is 4. The number of rotatable bonds is 7. The van der Waals surface area contributed by atoms with Crippen molar-refractivity contribution in [1.29, 1.82) is 0 Å². The first-order valence-corrected chi connectivity index (χ1v) is 8.32. The number of ketones is 1. The lowest BCUT2D eigenvalue weighted by Crippen LogP contribution is -2.33. The molecule has 0 radical (unpaired) electrons. The van der Waals surface area contributed by atoms with Crippen LogP contribution in [0.3, 0.4) is 0 Å². The predicted molar refractivity (Wildman–Crippen MR) is 86.7 cm³/mol. The van der Waals surface area contributed by atoms with Crippen LogP contribution in [0.25, 0.3) is 0 Å². The van der Waals surface area contributed by atoms with Crippen molar-refractivity contribution in [2.24, 2.45) is 7.05 Å². The summed E-state index contributed by atoms with van der Waals surface area (Å²) in [5, 5.41) is 6.47. The fourth-order valence-corrected chi connectivity index (χ4v) is 2.55. The van der Waals surface area contributed by atoms with E-state index in [-0.39, 0.29) is 18.9 Å². The standard InChI is InChI=1S/C17H16F6N4O2/c1-3-27(8-14-24-25-16(26(14)2)17(21,22)23)15(29)6-10(28)4-9-5-12(19)13(20)7-11(9)18/h5,7H,3-4,6,8H2,1-2H3. The molecule has 1 amide bonds. The normalized spacial score (nSPS) is 11.6. The van der Waals surface area contributed by atoms with Gasteiger partial charge in [0, 0.05) is 26.1 Å². The maximum Gasteiger partial charge on any atom is 0.451 e. The number of hydrogen-bond donors (Lipinski definition) is 0. The Bertz CT molecular complexity index is 925. The van der Waals surface area contributed by atoms with Crippen molar-refractivity contribution in [3.05, 3.63) is 46.8 Å². The summed E-state index contributed by atoms with van der Waals surface area (Å²) < 4.78 is 78.8. The van der Waals surface area contributed by atoms with Crippen LogP contribution < -0.4 is 0 Å². The van der Waals surface area contributed by atoms with E-state index in [9.17, 15) is 35.9 Å². The maximum atomic E-state index is 13.6. The van der Waals surface area contributed by atoms with E-state index in [0.29, 0.717) is 16.7 Å². The van der Waals surface area contributed by atoms with Gasteiger partial charge in [-0.05, 0) is 18.6 Å². The molecule has 1 aromatic carbocycles. The smallest absolute Gasteiger partial charge is 0.335 e. The van der Waals surface area contributed by atoms with Crippen molar-refractivity contribution in [3.63, 3.8) is 0 Å². The van der Waals surface area contributed by atoms with Crippen LogP contribution in [0.5, 0.6) is 0 Å². The van der Waals surface area contributed by atoms with Gasteiger partial charge in [0.15, 0.2) is 17.5 Å². The molecular weight excluding hydrogens is 406 g/mol. The summed E-state index contributed by atoms with van der Waals surface area (Å²) in [6.07, 6.45) is -6.06. The quantitative estimate of drug-likeness (QED) is 0.391. The largest absolute Gasteiger partial charge is 0.451 e. The number of aromatic nitrogens is 3. The van der Waals surface area contributed by atoms with E-state index < -0.39 is 59.5 Å². The molecule has 1 aromatic heterocycles. The Labute approximate surface area is 161 Å². The first-order chi connectivity index (χ1) is 13.4. The first kappa shape index (κ1) is 22.4. The van der Waals surface area contributed by atoms with E-state index in [1.54, 1.807) is 6.92 Å². The lowest BCUT2D eigenvalue weighted by atomic mass is 10.1. The first-order valence-electron chi connectivity index (χ1n) is 8.32. The van der Waals surface area contributed by atoms with Gasteiger partial charge in [0.2, 0.25) is 11.7 Å². The monoisotopic (exact) mass is 422 g/mol. The second-order valence-electron chi connectivity index (χ2n) is 6.15. The highest BCUT2D eigenvalue weighted by Gasteiger charge is 2.37. The molecule has 0 saturated carbocycles. The van der Waals surface area contributed by atoms with Gasteiger partial charge in [-0.1, -0.05) is 0 Å². The van der Waals surface area contributed by atoms with Crippen molar-refractivity contribution in [2.45, 2.75) is 32.5 Å². The van der Waals surface area contributed by atoms with E-state index in [0.717, 1.165) is 11.9 Å². The van der Waals surface area contributed by atoms with Crippen LogP contribution in [-0.2, 0) is 35.8 Å². The minimum atomic E-state index is -4.72. The summed E-state index contributed by atoms with van der Waals surface area (Å²) in [6.45, 7) is 1.26. The molecule has 0 aliphatic carbocycles. The molecule has 0 bridgehead atoms. The molecule has 0 aliphatic rings. The molecule has 0 aliphatic heterocycles. The van der Waals surface area contributed by atoms with Gasteiger partial charge in [-0.2, -0.15) is 13.2 Å². The number of amides is 1. The maximum absolute atomic E-state index is 13.6. The molecule has 158 valence electrons. The van der Waals surface area contributed by atoms with Gasteiger partial charge in [-0.25, -0.2) is 13.2 Å². The fraction of sp³-hybridized carbons (Fsp3) is 0.412. The molecule has 0 spiro atoms. The van der Waals surface area contributed by atoms with Gasteiger partial charge in [0.25, 0.3) is 0 Å². The minimum absolute atomic E-state index is 0.0554. The average Bonchev–Trinajstić information content (AvgIpc) is 2.98. The van der Waals surface area contributed by atoms with Crippen LogP contribution in [0.4, 0.5) is 26.3 Å². The Morgan fingerprint density at radius 3 is 2.24 bits per heavy atom. The molecule has 6 nitrogen and oxygen atoms in total. The Kier molecular flexibility index (Phi) is 6.65. The Balaban J connectivity index is 2.06. The number of carbonyl (C=O) groups is 2. The van der Waals surface area contributed by atoms with Crippen molar-refractivity contribution in [3.8, 4) is 0 Å². The third kappa shape index (κ3) is 5.33. The van der Waals surface area contributed by atoms with Gasteiger partial charge in [-0.15, -0.1) is 10.2 Å². The molecule has 2 aromatic rings. The summed E-state index contributed by atoms with van der Waals surface area (Å²) in [5.41, 5.74) is -0.409. The second kappa shape index (κ2) is 8.62. The zero-order valence-electron chi connectivity index (χ0n) is 15.4. The molecule has 0 N–H and O–H groups in total. The number of halogens is 6. The van der Waals surface area contributed by atoms with Gasteiger partial charge >= 0.3 is 6.18 Å². The number of hydrogen-bond acceptors (Lipinski definition) is 4.